The van der Waals surface area contributed by atoms with Crippen molar-refractivity contribution >= 4 is 0 Å². The van der Waals surface area contributed by atoms with Gasteiger partial charge in [-0.05, 0) is 19.9 Å². The minimum absolute atomic E-state index is 0.144. The Morgan fingerprint density at radius 2 is 1.91 bits per heavy atom. The van der Waals surface area contributed by atoms with E-state index in [1.807, 2.05) is 6.92 Å². The molecular weight excluding hydrogens is 140 g/mol. The fourth-order valence-corrected chi connectivity index (χ4v) is 0.999. The van der Waals surface area contributed by atoms with E-state index in [2.05, 4.69) is 5.32 Å². The van der Waals surface area contributed by atoms with Gasteiger partial charge in [0, 0.05) is 25.2 Å². The van der Waals surface area contributed by atoms with Crippen molar-refractivity contribution in [3.05, 3.63) is 0 Å². The van der Waals surface area contributed by atoms with Gasteiger partial charge in [-0.2, -0.15) is 0 Å². The van der Waals surface area contributed by atoms with Gasteiger partial charge in [-0.25, -0.2) is 0 Å². The van der Waals surface area contributed by atoms with Gasteiger partial charge in [0.1, 0.15) is 0 Å². The van der Waals surface area contributed by atoms with Gasteiger partial charge in [0.25, 0.3) is 0 Å². The van der Waals surface area contributed by atoms with Crippen LogP contribution < -0.4 is 22.5 Å². The molecule has 0 bridgehead atoms. The Hall–Kier alpha value is -0.160. The van der Waals surface area contributed by atoms with Crippen molar-refractivity contribution in [3.63, 3.8) is 0 Å². The van der Waals surface area contributed by atoms with E-state index in [0.717, 1.165) is 13.0 Å². The lowest BCUT2D eigenvalue weighted by molar-refractivity contribution is 0.432. The number of hydrogen-bond acceptors (Lipinski definition) is 4. The van der Waals surface area contributed by atoms with E-state index in [-0.39, 0.29) is 6.04 Å². The molecule has 0 rings (SSSR count). The maximum absolute atomic E-state index is 5.70. The topological polar surface area (TPSA) is 90.1 Å². The third-order valence-corrected chi connectivity index (χ3v) is 1.66. The highest BCUT2D eigenvalue weighted by atomic mass is 15.0. The largest absolute Gasteiger partial charge is 0.330 e. The van der Waals surface area contributed by atoms with Gasteiger partial charge in [-0.15, -0.1) is 0 Å². The predicted molar refractivity (Wildman–Crippen MR) is 48.2 cm³/mol. The lowest BCUT2D eigenvalue weighted by Crippen LogP contribution is -2.46. The third kappa shape index (κ3) is 5.15. The van der Waals surface area contributed by atoms with Gasteiger partial charge in [0.05, 0.1) is 0 Å². The van der Waals surface area contributed by atoms with Gasteiger partial charge in [-0.1, -0.05) is 0 Å². The van der Waals surface area contributed by atoms with Crippen LogP contribution in [0.2, 0.25) is 0 Å². The third-order valence-electron chi connectivity index (χ3n) is 1.66. The zero-order chi connectivity index (χ0) is 8.69. The molecule has 0 aromatic heterocycles. The molecule has 0 aliphatic carbocycles. The second-order valence-electron chi connectivity index (χ2n) is 2.79. The molecule has 2 unspecified atom stereocenters. The lowest BCUT2D eigenvalue weighted by Gasteiger charge is -2.21. The lowest BCUT2D eigenvalue weighted by atomic mass is 10.1. The quantitative estimate of drug-likeness (QED) is 0.385. The van der Waals surface area contributed by atoms with Crippen molar-refractivity contribution in [3.8, 4) is 0 Å². The standard InChI is InChI=1S/C7H20N4/c1-6(10)7(2-3-8)11-5-4-9/h6-7,11H,2-5,8-10H2,1H3. The maximum atomic E-state index is 5.70. The molecule has 0 saturated carbocycles. The van der Waals surface area contributed by atoms with E-state index in [1.165, 1.54) is 0 Å². The average Bonchev–Trinajstić information content (AvgIpc) is 1.97. The number of rotatable bonds is 6. The molecule has 0 saturated heterocycles. The molecule has 0 aliphatic rings. The van der Waals surface area contributed by atoms with Gasteiger partial charge >= 0.3 is 0 Å². The van der Waals surface area contributed by atoms with Gasteiger partial charge in [-0.3, -0.25) is 0 Å². The van der Waals surface area contributed by atoms with Crippen LogP contribution in [-0.4, -0.2) is 31.7 Å². The van der Waals surface area contributed by atoms with Crippen LogP contribution in [0.1, 0.15) is 13.3 Å². The molecular formula is C7H20N4. The molecule has 4 nitrogen and oxygen atoms in total. The van der Waals surface area contributed by atoms with Crippen molar-refractivity contribution < 1.29 is 0 Å². The Balaban J connectivity index is 3.51. The zero-order valence-electron chi connectivity index (χ0n) is 7.22. The summed E-state index contributed by atoms with van der Waals surface area (Å²) >= 11 is 0. The number of nitrogens with one attached hydrogen (secondary N) is 1. The molecule has 0 spiro atoms. The molecule has 7 N–H and O–H groups in total. The summed E-state index contributed by atoms with van der Waals surface area (Å²) in [6.45, 7) is 4.10. The van der Waals surface area contributed by atoms with Crippen LogP contribution in [-0.2, 0) is 0 Å². The molecule has 4 heteroatoms. The van der Waals surface area contributed by atoms with Crippen molar-refractivity contribution in [1.29, 1.82) is 0 Å². The van der Waals surface area contributed by atoms with Crippen molar-refractivity contribution in [2.45, 2.75) is 25.4 Å². The molecule has 11 heavy (non-hydrogen) atoms. The SMILES string of the molecule is CC(N)C(CCN)NCCN. The van der Waals surface area contributed by atoms with Crippen LogP contribution in [0.15, 0.2) is 0 Å². The van der Waals surface area contributed by atoms with E-state index < -0.39 is 0 Å². The zero-order valence-corrected chi connectivity index (χ0v) is 7.22. The van der Waals surface area contributed by atoms with Gasteiger partial charge in [0.15, 0.2) is 0 Å². The summed E-state index contributed by atoms with van der Waals surface area (Å²) in [5, 5.41) is 3.24. The van der Waals surface area contributed by atoms with Crippen LogP contribution in [0.3, 0.4) is 0 Å². The van der Waals surface area contributed by atoms with Crippen molar-refractivity contribution in [2.75, 3.05) is 19.6 Å². The highest BCUT2D eigenvalue weighted by Gasteiger charge is 2.10. The molecule has 0 aliphatic heterocycles. The van der Waals surface area contributed by atoms with E-state index in [1.54, 1.807) is 0 Å². The summed E-state index contributed by atoms with van der Waals surface area (Å²) in [6.07, 6.45) is 0.914. The molecule has 68 valence electrons. The van der Waals surface area contributed by atoms with Crippen molar-refractivity contribution in [2.24, 2.45) is 17.2 Å². The number of nitrogens with two attached hydrogens (primary N) is 3. The summed E-state index contributed by atoms with van der Waals surface area (Å²) in [6, 6.07) is 0.452. The van der Waals surface area contributed by atoms with Gasteiger partial charge in [0.2, 0.25) is 0 Å². The first kappa shape index (κ1) is 10.8. The molecule has 0 aromatic carbocycles. The van der Waals surface area contributed by atoms with Crippen molar-refractivity contribution in [1.82, 2.24) is 5.32 Å². The Morgan fingerprint density at radius 1 is 1.27 bits per heavy atom. The normalized spacial score (nSPS) is 16.4. The molecule has 0 fully saturated rings. The van der Waals surface area contributed by atoms with E-state index in [0.29, 0.717) is 19.1 Å². The van der Waals surface area contributed by atoms with E-state index >= 15 is 0 Å². The molecule has 0 amide bonds. The second-order valence-corrected chi connectivity index (χ2v) is 2.79. The molecule has 0 aromatic rings. The molecule has 2 atom stereocenters. The average molecular weight is 160 g/mol. The van der Waals surface area contributed by atoms with E-state index in [4.69, 9.17) is 17.2 Å². The first-order valence-corrected chi connectivity index (χ1v) is 4.11. The van der Waals surface area contributed by atoms with Gasteiger partial charge < -0.3 is 22.5 Å². The summed E-state index contributed by atoms with van der Waals surface area (Å²) in [5.41, 5.74) is 16.5. The van der Waals surface area contributed by atoms with Crippen LogP contribution in [0.4, 0.5) is 0 Å². The highest BCUT2D eigenvalue weighted by molar-refractivity contribution is 4.75. The minimum atomic E-state index is 0.144. The van der Waals surface area contributed by atoms with E-state index in [9.17, 15) is 0 Å². The van der Waals surface area contributed by atoms with Crippen LogP contribution in [0, 0.1) is 0 Å². The minimum Gasteiger partial charge on any atom is -0.330 e. The monoisotopic (exact) mass is 160 g/mol. The van der Waals surface area contributed by atoms with Crippen LogP contribution >= 0.6 is 0 Å². The Labute approximate surface area is 68.5 Å². The smallest absolute Gasteiger partial charge is 0.0228 e. The summed E-state index contributed by atoms with van der Waals surface area (Å²) in [5.74, 6) is 0. The first-order valence-electron chi connectivity index (χ1n) is 4.11. The fourth-order valence-electron chi connectivity index (χ4n) is 0.999. The summed E-state index contributed by atoms with van der Waals surface area (Å²) in [7, 11) is 0. The van der Waals surface area contributed by atoms with Crippen LogP contribution in [0.25, 0.3) is 0 Å². The highest BCUT2D eigenvalue weighted by Crippen LogP contribution is 1.93. The molecule has 0 heterocycles. The maximum Gasteiger partial charge on any atom is 0.0228 e. The number of hydrogen-bond donors (Lipinski definition) is 4. The predicted octanol–water partition coefficient (Wildman–Crippen LogP) is -1.40. The summed E-state index contributed by atoms with van der Waals surface area (Å²) < 4.78 is 0. The Kier molecular flexibility index (Phi) is 6.45. The molecule has 0 radical (unpaired) electrons. The Morgan fingerprint density at radius 3 is 2.27 bits per heavy atom. The summed E-state index contributed by atoms with van der Waals surface area (Å²) in [4.78, 5) is 0. The first-order chi connectivity index (χ1) is 5.22. The second kappa shape index (κ2) is 6.54. The Bertz CT molecular complexity index is 84.5. The van der Waals surface area contributed by atoms with Crippen LogP contribution in [0.5, 0.6) is 0 Å². The fraction of sp³-hybridized carbons (Fsp3) is 1.00.